The Balaban J connectivity index is 1.62. The molecule has 2 aromatic carbocycles. The fourth-order valence-corrected chi connectivity index (χ4v) is 3.90. The number of morpholine rings is 1. The molecule has 1 fully saturated rings. The second kappa shape index (κ2) is 8.01. The summed E-state index contributed by atoms with van der Waals surface area (Å²) in [7, 11) is 0. The van der Waals surface area contributed by atoms with Crippen molar-refractivity contribution < 1.29 is 9.53 Å². The lowest BCUT2D eigenvalue weighted by Crippen LogP contribution is -2.47. The van der Waals surface area contributed by atoms with Gasteiger partial charge in [-0.25, -0.2) is 0 Å². The number of nitriles is 1. The van der Waals surface area contributed by atoms with E-state index in [-0.39, 0.29) is 5.91 Å². The molecule has 4 rings (SSSR count). The van der Waals surface area contributed by atoms with Gasteiger partial charge in [-0.2, -0.15) is 5.26 Å². The summed E-state index contributed by atoms with van der Waals surface area (Å²) in [6.45, 7) is 6.22. The molecule has 2 heterocycles. The van der Waals surface area contributed by atoms with E-state index in [9.17, 15) is 10.1 Å². The van der Waals surface area contributed by atoms with Gasteiger partial charge in [-0.1, -0.05) is 37.3 Å². The zero-order chi connectivity index (χ0) is 19.5. The molecule has 0 aromatic heterocycles. The van der Waals surface area contributed by atoms with Crippen LogP contribution in [-0.2, 0) is 22.6 Å². The summed E-state index contributed by atoms with van der Waals surface area (Å²) in [4.78, 5) is 16.7. The second-order valence-corrected chi connectivity index (χ2v) is 7.23. The predicted octanol–water partition coefficient (Wildman–Crippen LogP) is 2.81. The minimum absolute atomic E-state index is 0.118. The van der Waals surface area contributed by atoms with Gasteiger partial charge in [0.1, 0.15) is 6.10 Å². The van der Waals surface area contributed by atoms with Crippen molar-refractivity contribution in [2.24, 2.45) is 0 Å². The van der Waals surface area contributed by atoms with E-state index >= 15 is 0 Å². The van der Waals surface area contributed by atoms with Gasteiger partial charge in [0.25, 0.3) is 5.91 Å². The number of rotatable bonds is 4. The number of hydrogen-bond donors (Lipinski definition) is 1. The third-order valence-corrected chi connectivity index (χ3v) is 5.44. The zero-order valence-electron chi connectivity index (χ0n) is 16.0. The van der Waals surface area contributed by atoms with E-state index in [0.29, 0.717) is 26.2 Å². The molecule has 1 N–H and O–H groups in total. The molecule has 0 bridgehead atoms. The quantitative estimate of drug-likeness (QED) is 0.831. The predicted molar refractivity (Wildman–Crippen MR) is 107 cm³/mol. The van der Waals surface area contributed by atoms with Crippen LogP contribution in [0.25, 0.3) is 11.1 Å². The molecular weight excluding hydrogens is 352 g/mol. The molecule has 144 valence electrons. The third-order valence-electron chi connectivity index (χ3n) is 5.44. The van der Waals surface area contributed by atoms with Crippen LogP contribution in [0, 0.1) is 11.5 Å². The Morgan fingerprint density at radius 1 is 1.29 bits per heavy atom. The number of nitrogens with zero attached hydrogens (tertiary/aromatic N) is 3. The first-order valence-electron chi connectivity index (χ1n) is 9.68. The minimum atomic E-state index is -0.460. The highest BCUT2D eigenvalue weighted by molar-refractivity contribution is 5.95. The fourth-order valence-electron chi connectivity index (χ4n) is 3.90. The number of fused-ring (bicyclic) bond motifs is 1. The SMILES string of the molecule is CCN1CCOC(C(=O)Nc2cc3c(c(-c4ccccc4)c2)CN(C#N)C3)C1. The van der Waals surface area contributed by atoms with E-state index < -0.39 is 6.10 Å². The highest BCUT2D eigenvalue weighted by Gasteiger charge is 2.27. The van der Waals surface area contributed by atoms with Gasteiger partial charge in [-0.05, 0) is 40.9 Å². The van der Waals surface area contributed by atoms with Crippen molar-refractivity contribution in [3.63, 3.8) is 0 Å². The Bertz CT molecular complexity index is 907. The van der Waals surface area contributed by atoms with Crippen LogP contribution in [0.4, 0.5) is 5.69 Å². The van der Waals surface area contributed by atoms with E-state index in [4.69, 9.17) is 4.74 Å². The van der Waals surface area contributed by atoms with Gasteiger partial charge >= 0.3 is 0 Å². The van der Waals surface area contributed by atoms with Crippen molar-refractivity contribution >= 4 is 11.6 Å². The summed E-state index contributed by atoms with van der Waals surface area (Å²) in [5.74, 6) is -0.118. The summed E-state index contributed by atoms with van der Waals surface area (Å²) in [5.41, 5.74) is 5.13. The maximum absolute atomic E-state index is 12.8. The van der Waals surface area contributed by atoms with Crippen molar-refractivity contribution in [2.75, 3.05) is 31.6 Å². The maximum Gasteiger partial charge on any atom is 0.254 e. The number of amides is 1. The number of carbonyl (C=O) groups excluding carboxylic acids is 1. The lowest BCUT2D eigenvalue weighted by atomic mass is 9.96. The number of benzene rings is 2. The standard InChI is InChI=1S/C22H24N4O2/c1-2-25-8-9-28-21(14-25)22(27)24-18-10-17-12-26(15-23)13-20(17)19(11-18)16-6-4-3-5-7-16/h3-7,10-11,21H,2,8-9,12-14H2,1H3,(H,24,27). The molecule has 2 aliphatic rings. The molecule has 1 unspecified atom stereocenters. The molecule has 1 atom stereocenters. The fraction of sp³-hybridized carbons (Fsp3) is 0.364. The number of hydrogen-bond acceptors (Lipinski definition) is 5. The van der Waals surface area contributed by atoms with Crippen molar-refractivity contribution in [3.8, 4) is 17.3 Å². The molecular formula is C22H24N4O2. The van der Waals surface area contributed by atoms with E-state index in [2.05, 4.69) is 35.5 Å². The minimum Gasteiger partial charge on any atom is -0.366 e. The monoisotopic (exact) mass is 376 g/mol. The summed E-state index contributed by atoms with van der Waals surface area (Å²) in [5, 5.41) is 12.4. The third kappa shape index (κ3) is 3.72. The normalized spacial score (nSPS) is 19.1. The Morgan fingerprint density at radius 3 is 2.86 bits per heavy atom. The number of ether oxygens (including phenoxy) is 1. The Labute approximate surface area is 165 Å². The average Bonchev–Trinajstić information content (AvgIpc) is 3.17. The van der Waals surface area contributed by atoms with Gasteiger partial charge in [-0.3, -0.25) is 9.69 Å². The molecule has 0 radical (unpaired) electrons. The van der Waals surface area contributed by atoms with Gasteiger partial charge in [0.15, 0.2) is 6.19 Å². The first kappa shape index (κ1) is 18.5. The van der Waals surface area contributed by atoms with E-state index in [1.807, 2.05) is 30.3 Å². The maximum atomic E-state index is 12.8. The number of anilines is 1. The molecule has 28 heavy (non-hydrogen) atoms. The molecule has 0 spiro atoms. The molecule has 2 aliphatic heterocycles. The van der Waals surface area contributed by atoms with Crippen LogP contribution in [0.3, 0.4) is 0 Å². The Kier molecular flexibility index (Phi) is 5.29. The van der Waals surface area contributed by atoms with Gasteiger partial charge in [0.05, 0.1) is 19.7 Å². The summed E-state index contributed by atoms with van der Waals surface area (Å²) >= 11 is 0. The van der Waals surface area contributed by atoms with Crippen LogP contribution in [-0.4, -0.2) is 48.1 Å². The van der Waals surface area contributed by atoms with Crippen LogP contribution in [0.1, 0.15) is 18.1 Å². The molecule has 2 aromatic rings. The van der Waals surface area contributed by atoms with E-state index in [1.54, 1.807) is 4.90 Å². The van der Waals surface area contributed by atoms with Gasteiger partial charge < -0.3 is 15.0 Å². The van der Waals surface area contributed by atoms with Crippen molar-refractivity contribution in [3.05, 3.63) is 53.6 Å². The molecule has 1 saturated heterocycles. The first-order chi connectivity index (χ1) is 13.7. The van der Waals surface area contributed by atoms with E-state index in [1.165, 1.54) is 0 Å². The Hall–Kier alpha value is -2.88. The zero-order valence-corrected chi connectivity index (χ0v) is 16.0. The molecule has 1 amide bonds. The lowest BCUT2D eigenvalue weighted by molar-refractivity contribution is -0.132. The molecule has 0 saturated carbocycles. The number of likely N-dealkylation sites (N-methyl/N-ethyl adjacent to an activating group) is 1. The van der Waals surface area contributed by atoms with Gasteiger partial charge in [-0.15, -0.1) is 0 Å². The number of carbonyl (C=O) groups is 1. The summed E-state index contributed by atoms with van der Waals surface area (Å²) in [6.07, 6.45) is 1.77. The first-order valence-corrected chi connectivity index (χ1v) is 9.68. The summed E-state index contributed by atoms with van der Waals surface area (Å²) < 4.78 is 5.68. The topological polar surface area (TPSA) is 68.6 Å². The smallest absolute Gasteiger partial charge is 0.254 e. The van der Waals surface area contributed by atoms with E-state index in [0.717, 1.165) is 41.0 Å². The van der Waals surface area contributed by atoms with Crippen LogP contribution in [0.5, 0.6) is 0 Å². The van der Waals surface area contributed by atoms with Crippen LogP contribution < -0.4 is 5.32 Å². The highest BCUT2D eigenvalue weighted by atomic mass is 16.5. The summed E-state index contributed by atoms with van der Waals surface area (Å²) in [6, 6.07) is 14.1. The molecule has 6 heteroatoms. The molecule has 0 aliphatic carbocycles. The van der Waals surface area contributed by atoms with Crippen molar-refractivity contribution in [2.45, 2.75) is 26.1 Å². The van der Waals surface area contributed by atoms with Gasteiger partial charge in [0, 0.05) is 18.8 Å². The van der Waals surface area contributed by atoms with Gasteiger partial charge in [0.2, 0.25) is 0 Å². The number of nitrogens with one attached hydrogen (secondary N) is 1. The highest BCUT2D eigenvalue weighted by Crippen LogP contribution is 2.35. The van der Waals surface area contributed by atoms with Crippen LogP contribution in [0.2, 0.25) is 0 Å². The van der Waals surface area contributed by atoms with Crippen LogP contribution in [0.15, 0.2) is 42.5 Å². The largest absolute Gasteiger partial charge is 0.366 e. The van der Waals surface area contributed by atoms with Crippen molar-refractivity contribution in [1.82, 2.24) is 9.80 Å². The van der Waals surface area contributed by atoms with Crippen LogP contribution >= 0.6 is 0 Å². The second-order valence-electron chi connectivity index (χ2n) is 7.23. The lowest BCUT2D eigenvalue weighted by Gasteiger charge is -2.31. The van der Waals surface area contributed by atoms with Crippen molar-refractivity contribution in [1.29, 1.82) is 5.26 Å². The average molecular weight is 376 g/mol. The Morgan fingerprint density at radius 2 is 2.11 bits per heavy atom. The molecule has 6 nitrogen and oxygen atoms in total.